The molecule has 2 aromatic heterocycles. The summed E-state index contributed by atoms with van der Waals surface area (Å²) in [4.78, 5) is 30.5. The number of aromatic carboxylic acids is 1. The summed E-state index contributed by atoms with van der Waals surface area (Å²) in [5.74, 6) is -1.54. The predicted molar refractivity (Wildman–Crippen MR) is 64.6 cm³/mol. The minimum atomic E-state index is -1.13. The highest BCUT2D eigenvalue weighted by Crippen LogP contribution is 2.15. The van der Waals surface area contributed by atoms with Crippen molar-refractivity contribution in [2.45, 2.75) is 13.0 Å². The molecule has 0 aliphatic rings. The second kappa shape index (κ2) is 5.25. The number of nitrogens with one attached hydrogen (secondary N) is 1. The fourth-order valence-electron chi connectivity index (χ4n) is 1.46. The third kappa shape index (κ3) is 2.73. The maximum absolute atomic E-state index is 12.0. The lowest BCUT2D eigenvalue weighted by Gasteiger charge is -2.13. The molecule has 8 heteroatoms. The predicted octanol–water partition coefficient (Wildman–Crippen LogP) is 0.571. The first-order chi connectivity index (χ1) is 9.09. The van der Waals surface area contributed by atoms with E-state index in [0.717, 1.165) is 0 Å². The van der Waals surface area contributed by atoms with Crippen LogP contribution in [0.15, 0.2) is 31.1 Å². The van der Waals surface area contributed by atoms with Crippen LogP contribution in [-0.4, -0.2) is 36.7 Å². The van der Waals surface area contributed by atoms with Crippen LogP contribution in [0, 0.1) is 0 Å². The summed E-state index contributed by atoms with van der Waals surface area (Å²) >= 11 is 0. The highest BCUT2D eigenvalue weighted by molar-refractivity contribution is 6.01. The maximum Gasteiger partial charge on any atom is 0.337 e. The maximum atomic E-state index is 12.0. The molecular weight excluding hydrogens is 250 g/mol. The Hall–Kier alpha value is -2.77. The number of hydrogen-bond acceptors (Lipinski definition) is 5. The molecule has 0 fully saturated rings. The normalized spacial score (nSPS) is 11.8. The van der Waals surface area contributed by atoms with E-state index in [4.69, 9.17) is 5.11 Å². The average molecular weight is 261 g/mol. The van der Waals surface area contributed by atoms with Crippen molar-refractivity contribution in [3.63, 3.8) is 0 Å². The molecule has 2 heterocycles. The molecule has 0 bridgehead atoms. The van der Waals surface area contributed by atoms with Crippen molar-refractivity contribution in [2.24, 2.45) is 0 Å². The first-order valence-electron chi connectivity index (χ1n) is 5.42. The van der Waals surface area contributed by atoms with Crippen LogP contribution in [0.4, 0.5) is 5.69 Å². The molecule has 0 aliphatic carbocycles. The van der Waals surface area contributed by atoms with Crippen molar-refractivity contribution < 1.29 is 14.7 Å². The molecule has 0 aromatic carbocycles. The Morgan fingerprint density at radius 2 is 2.21 bits per heavy atom. The highest BCUT2D eigenvalue weighted by atomic mass is 16.4. The first-order valence-corrected chi connectivity index (χ1v) is 5.42. The zero-order chi connectivity index (χ0) is 13.8. The van der Waals surface area contributed by atoms with Crippen molar-refractivity contribution in [3.8, 4) is 0 Å². The van der Waals surface area contributed by atoms with E-state index < -0.39 is 17.9 Å². The summed E-state index contributed by atoms with van der Waals surface area (Å²) < 4.78 is 1.37. The third-order valence-corrected chi connectivity index (χ3v) is 2.52. The molecule has 1 unspecified atom stereocenters. The highest BCUT2D eigenvalue weighted by Gasteiger charge is 2.18. The number of pyridine rings is 1. The van der Waals surface area contributed by atoms with Crippen molar-refractivity contribution >= 4 is 17.6 Å². The number of amides is 1. The molecule has 2 rings (SSSR count). The molecule has 0 saturated carbocycles. The quantitative estimate of drug-likeness (QED) is 0.832. The third-order valence-electron chi connectivity index (χ3n) is 2.52. The lowest BCUT2D eigenvalue weighted by atomic mass is 10.2. The van der Waals surface area contributed by atoms with Crippen LogP contribution in [0.5, 0.6) is 0 Å². The van der Waals surface area contributed by atoms with Gasteiger partial charge in [-0.3, -0.25) is 9.78 Å². The summed E-state index contributed by atoms with van der Waals surface area (Å²) in [5.41, 5.74) is 0.126. The number of carbonyl (C=O) groups excluding carboxylic acids is 1. The molecule has 8 nitrogen and oxygen atoms in total. The number of carboxylic acid groups (broad SMARTS) is 1. The van der Waals surface area contributed by atoms with Crippen molar-refractivity contribution in [1.29, 1.82) is 0 Å². The lowest BCUT2D eigenvalue weighted by molar-refractivity contribution is -0.119. The molecule has 19 heavy (non-hydrogen) atoms. The Kier molecular flexibility index (Phi) is 3.51. The molecule has 1 amide bonds. The summed E-state index contributed by atoms with van der Waals surface area (Å²) in [6, 6.07) is 0.710. The molecule has 1 atom stereocenters. The van der Waals surface area contributed by atoms with Crippen LogP contribution >= 0.6 is 0 Å². The number of nitrogens with zero attached hydrogens (tertiary/aromatic N) is 4. The van der Waals surface area contributed by atoms with Gasteiger partial charge in [0, 0.05) is 6.20 Å². The smallest absolute Gasteiger partial charge is 0.337 e. The minimum Gasteiger partial charge on any atom is -0.478 e. The van der Waals surface area contributed by atoms with Crippen molar-refractivity contribution in [1.82, 2.24) is 19.7 Å². The Balaban J connectivity index is 2.18. The Labute approximate surface area is 108 Å². The Bertz CT molecular complexity index is 596. The standard InChI is InChI=1S/C11H11N5O3/c1-7(16-6-13-5-14-16)10(17)15-9-4-12-3-2-8(9)11(18)19/h2-7H,1H3,(H,15,17)(H,18,19). The van der Waals surface area contributed by atoms with Gasteiger partial charge in [0.05, 0.1) is 17.4 Å². The minimum absolute atomic E-state index is 0.0193. The fraction of sp³-hybridized carbons (Fsp3) is 0.182. The van der Waals surface area contributed by atoms with E-state index in [-0.39, 0.29) is 11.3 Å². The van der Waals surface area contributed by atoms with E-state index in [9.17, 15) is 9.59 Å². The van der Waals surface area contributed by atoms with Gasteiger partial charge in [0.25, 0.3) is 0 Å². The zero-order valence-electron chi connectivity index (χ0n) is 10.0. The van der Waals surface area contributed by atoms with E-state index >= 15 is 0 Å². The summed E-state index contributed by atoms with van der Waals surface area (Å²) in [5, 5.41) is 15.4. The number of anilines is 1. The van der Waals surface area contributed by atoms with E-state index in [1.807, 2.05) is 0 Å². The van der Waals surface area contributed by atoms with Crippen LogP contribution < -0.4 is 5.32 Å². The van der Waals surface area contributed by atoms with Gasteiger partial charge < -0.3 is 10.4 Å². The van der Waals surface area contributed by atoms with E-state index in [1.54, 1.807) is 6.92 Å². The number of hydrogen-bond donors (Lipinski definition) is 2. The monoisotopic (exact) mass is 261 g/mol. The van der Waals surface area contributed by atoms with Gasteiger partial charge in [0.2, 0.25) is 5.91 Å². The van der Waals surface area contributed by atoms with Crippen LogP contribution in [0.25, 0.3) is 0 Å². The second-order valence-corrected chi connectivity index (χ2v) is 3.77. The zero-order valence-corrected chi connectivity index (χ0v) is 10.0. The summed E-state index contributed by atoms with van der Waals surface area (Å²) in [6.07, 6.45) is 5.36. The topological polar surface area (TPSA) is 110 Å². The van der Waals surface area contributed by atoms with Gasteiger partial charge in [-0.25, -0.2) is 14.5 Å². The molecule has 2 aromatic rings. The molecule has 98 valence electrons. The van der Waals surface area contributed by atoms with Gasteiger partial charge in [-0.2, -0.15) is 5.10 Å². The van der Waals surface area contributed by atoms with Crippen molar-refractivity contribution in [2.75, 3.05) is 5.32 Å². The van der Waals surface area contributed by atoms with Crippen LogP contribution in [0.3, 0.4) is 0 Å². The molecule has 0 saturated heterocycles. The summed E-state index contributed by atoms with van der Waals surface area (Å²) in [7, 11) is 0. The summed E-state index contributed by atoms with van der Waals surface area (Å²) in [6.45, 7) is 1.63. The van der Waals surface area contributed by atoms with Gasteiger partial charge in [-0.15, -0.1) is 0 Å². The molecule has 0 aliphatic heterocycles. The molecule has 0 radical (unpaired) electrons. The number of aromatic nitrogens is 4. The molecule has 0 spiro atoms. The molecule has 2 N–H and O–H groups in total. The largest absolute Gasteiger partial charge is 0.478 e. The van der Waals surface area contributed by atoms with E-state index in [1.165, 1.54) is 35.8 Å². The van der Waals surface area contributed by atoms with Gasteiger partial charge >= 0.3 is 5.97 Å². The SMILES string of the molecule is CC(C(=O)Nc1cnccc1C(=O)O)n1cncn1. The van der Waals surface area contributed by atoms with E-state index in [2.05, 4.69) is 20.4 Å². The van der Waals surface area contributed by atoms with Crippen LogP contribution in [-0.2, 0) is 4.79 Å². The van der Waals surface area contributed by atoms with Gasteiger partial charge in [0.1, 0.15) is 18.7 Å². The second-order valence-electron chi connectivity index (χ2n) is 3.77. The van der Waals surface area contributed by atoms with Crippen molar-refractivity contribution in [3.05, 3.63) is 36.7 Å². The lowest BCUT2D eigenvalue weighted by Crippen LogP contribution is -2.25. The van der Waals surface area contributed by atoms with Gasteiger partial charge in [0.15, 0.2) is 0 Å². The first kappa shape index (κ1) is 12.7. The molecular formula is C11H11N5O3. The van der Waals surface area contributed by atoms with E-state index in [0.29, 0.717) is 0 Å². The number of carboxylic acids is 1. The van der Waals surface area contributed by atoms with Crippen LogP contribution in [0.1, 0.15) is 23.3 Å². The van der Waals surface area contributed by atoms with Gasteiger partial charge in [-0.1, -0.05) is 0 Å². The van der Waals surface area contributed by atoms with Crippen LogP contribution in [0.2, 0.25) is 0 Å². The average Bonchev–Trinajstić information content (AvgIpc) is 2.92. The Morgan fingerprint density at radius 3 is 2.84 bits per heavy atom. The number of carbonyl (C=O) groups is 2. The Morgan fingerprint density at radius 1 is 1.42 bits per heavy atom. The fourth-order valence-corrected chi connectivity index (χ4v) is 1.46. The number of rotatable bonds is 4. The van der Waals surface area contributed by atoms with Gasteiger partial charge in [-0.05, 0) is 13.0 Å².